The number of benzene rings is 1. The molecule has 0 bridgehead atoms. The number of rotatable bonds is 6. The highest BCUT2D eigenvalue weighted by Crippen LogP contribution is 2.37. The predicted octanol–water partition coefficient (Wildman–Crippen LogP) is 3.26. The van der Waals surface area contributed by atoms with Crippen molar-refractivity contribution in [1.29, 1.82) is 0 Å². The van der Waals surface area contributed by atoms with Gasteiger partial charge >= 0.3 is 0 Å². The number of hydrogen-bond donors (Lipinski definition) is 2. The van der Waals surface area contributed by atoms with E-state index in [4.69, 9.17) is 0 Å². The van der Waals surface area contributed by atoms with Gasteiger partial charge in [0, 0.05) is 29.9 Å². The summed E-state index contributed by atoms with van der Waals surface area (Å²) in [5.41, 5.74) is 1.02. The monoisotopic (exact) mass is 310 g/mol. The summed E-state index contributed by atoms with van der Waals surface area (Å²) in [6.45, 7) is 4.67. The zero-order valence-electron chi connectivity index (χ0n) is 12.6. The number of nitrogens with one attached hydrogen (secondary N) is 2. The molecule has 1 aromatic carbocycles. The van der Waals surface area contributed by atoms with Crippen molar-refractivity contribution in [1.82, 2.24) is 10.6 Å². The van der Waals surface area contributed by atoms with Crippen LogP contribution in [0, 0.1) is 5.82 Å². The molecule has 3 nitrogen and oxygen atoms in total. The molecule has 1 aliphatic rings. The van der Waals surface area contributed by atoms with E-state index in [-0.39, 0.29) is 23.8 Å². The summed E-state index contributed by atoms with van der Waals surface area (Å²) in [5, 5.41) is 6.34. The smallest absolute Gasteiger partial charge is 0.221 e. The molecule has 2 rings (SSSR count). The first-order valence-electron chi connectivity index (χ1n) is 7.55. The van der Waals surface area contributed by atoms with Crippen molar-refractivity contribution < 1.29 is 9.18 Å². The van der Waals surface area contributed by atoms with Crippen LogP contribution in [0.4, 0.5) is 4.39 Å². The van der Waals surface area contributed by atoms with Crippen molar-refractivity contribution in [3.63, 3.8) is 0 Å². The molecule has 0 aliphatic carbocycles. The van der Waals surface area contributed by atoms with Crippen molar-refractivity contribution in [2.75, 3.05) is 12.3 Å². The van der Waals surface area contributed by atoms with Crippen molar-refractivity contribution in [3.8, 4) is 0 Å². The molecule has 116 valence electrons. The highest BCUT2D eigenvalue weighted by Gasteiger charge is 2.22. The minimum absolute atomic E-state index is 0.0708. The van der Waals surface area contributed by atoms with E-state index in [1.807, 2.05) is 19.9 Å². The second-order valence-electron chi connectivity index (χ2n) is 5.43. The molecular formula is C16H23FN2OS. The van der Waals surface area contributed by atoms with Gasteiger partial charge in [-0.05, 0) is 37.1 Å². The normalized spacial score (nSPS) is 18.9. The second kappa shape index (κ2) is 7.80. The van der Waals surface area contributed by atoms with Crippen LogP contribution in [0.15, 0.2) is 23.1 Å². The average molecular weight is 310 g/mol. The van der Waals surface area contributed by atoms with Crippen LogP contribution in [-0.4, -0.2) is 24.2 Å². The molecule has 21 heavy (non-hydrogen) atoms. The van der Waals surface area contributed by atoms with E-state index >= 15 is 0 Å². The Kier molecular flexibility index (Phi) is 6.06. The van der Waals surface area contributed by atoms with E-state index in [0.717, 1.165) is 29.1 Å². The van der Waals surface area contributed by atoms with Gasteiger partial charge < -0.3 is 10.6 Å². The number of amides is 1. The third-order valence-electron chi connectivity index (χ3n) is 3.79. The molecule has 0 spiro atoms. The number of hydrogen-bond acceptors (Lipinski definition) is 3. The minimum Gasteiger partial charge on any atom is -0.354 e. The molecule has 0 saturated carbocycles. The van der Waals surface area contributed by atoms with E-state index in [0.29, 0.717) is 13.0 Å². The third kappa shape index (κ3) is 4.45. The molecule has 1 amide bonds. The second-order valence-corrected chi connectivity index (χ2v) is 6.53. The van der Waals surface area contributed by atoms with Gasteiger partial charge in [-0.2, -0.15) is 0 Å². The standard InChI is InChI=1S/C16H23FN2OS/c1-3-11(2)19-15(20)7-9-18-14-8-10-21-16-12(14)5-4-6-13(16)17/h4-6,11,14,18H,3,7-10H2,1-2H3,(H,19,20). The zero-order valence-corrected chi connectivity index (χ0v) is 13.4. The lowest BCUT2D eigenvalue weighted by Crippen LogP contribution is -2.35. The lowest BCUT2D eigenvalue weighted by molar-refractivity contribution is -0.121. The van der Waals surface area contributed by atoms with Crippen molar-refractivity contribution in [2.45, 2.75) is 50.1 Å². The number of thioether (sulfide) groups is 1. The molecule has 0 fully saturated rings. The Bertz CT molecular complexity index is 495. The number of carbonyl (C=O) groups is 1. The van der Waals surface area contributed by atoms with E-state index in [1.165, 1.54) is 6.07 Å². The van der Waals surface area contributed by atoms with Crippen molar-refractivity contribution >= 4 is 17.7 Å². The van der Waals surface area contributed by atoms with E-state index in [9.17, 15) is 9.18 Å². The van der Waals surface area contributed by atoms with Crippen LogP contribution >= 0.6 is 11.8 Å². The van der Waals surface area contributed by atoms with Crippen LogP contribution < -0.4 is 10.6 Å². The van der Waals surface area contributed by atoms with Gasteiger partial charge in [-0.1, -0.05) is 19.1 Å². The van der Waals surface area contributed by atoms with Gasteiger partial charge in [0.05, 0.1) is 0 Å². The molecule has 2 unspecified atom stereocenters. The van der Waals surface area contributed by atoms with Gasteiger partial charge in [0.1, 0.15) is 5.82 Å². The first-order valence-corrected chi connectivity index (χ1v) is 8.54. The zero-order chi connectivity index (χ0) is 15.2. The van der Waals surface area contributed by atoms with Gasteiger partial charge in [-0.25, -0.2) is 4.39 Å². The van der Waals surface area contributed by atoms with E-state index < -0.39 is 0 Å². The lowest BCUT2D eigenvalue weighted by Gasteiger charge is -2.26. The molecular weight excluding hydrogens is 287 g/mol. The van der Waals surface area contributed by atoms with E-state index in [2.05, 4.69) is 10.6 Å². The molecule has 0 radical (unpaired) electrons. The highest BCUT2D eigenvalue weighted by atomic mass is 32.2. The maximum atomic E-state index is 13.8. The number of halogens is 1. The Morgan fingerprint density at radius 1 is 1.52 bits per heavy atom. The van der Waals surface area contributed by atoms with Crippen molar-refractivity contribution in [2.24, 2.45) is 0 Å². The topological polar surface area (TPSA) is 41.1 Å². The Morgan fingerprint density at radius 2 is 2.33 bits per heavy atom. The molecule has 1 heterocycles. The average Bonchev–Trinajstić information content (AvgIpc) is 2.48. The fourth-order valence-electron chi connectivity index (χ4n) is 2.41. The molecule has 2 N–H and O–H groups in total. The van der Waals surface area contributed by atoms with Crippen molar-refractivity contribution in [3.05, 3.63) is 29.6 Å². The predicted molar refractivity (Wildman–Crippen MR) is 85.0 cm³/mol. The van der Waals surface area contributed by atoms with Crippen LogP contribution in [0.5, 0.6) is 0 Å². The number of carbonyl (C=O) groups excluding carboxylic acids is 1. The van der Waals surface area contributed by atoms with Crippen LogP contribution in [0.3, 0.4) is 0 Å². The quantitative estimate of drug-likeness (QED) is 0.847. The molecule has 0 aromatic heterocycles. The molecule has 2 atom stereocenters. The molecule has 0 saturated heterocycles. The van der Waals surface area contributed by atoms with Gasteiger partial charge in [0.2, 0.25) is 5.91 Å². The van der Waals surface area contributed by atoms with E-state index in [1.54, 1.807) is 17.8 Å². The summed E-state index contributed by atoms with van der Waals surface area (Å²) in [6.07, 6.45) is 2.36. The van der Waals surface area contributed by atoms with Crippen LogP contribution in [0.25, 0.3) is 0 Å². The van der Waals surface area contributed by atoms with Gasteiger partial charge in [-0.3, -0.25) is 4.79 Å². The minimum atomic E-state index is -0.140. The fraction of sp³-hybridized carbons (Fsp3) is 0.562. The SMILES string of the molecule is CCC(C)NC(=O)CCNC1CCSc2c(F)cccc21. The van der Waals surface area contributed by atoms with Crippen LogP contribution in [-0.2, 0) is 4.79 Å². The Balaban J connectivity index is 1.85. The Morgan fingerprint density at radius 3 is 3.10 bits per heavy atom. The van der Waals surface area contributed by atoms with Crippen LogP contribution in [0.1, 0.15) is 44.7 Å². The summed E-state index contributed by atoms with van der Waals surface area (Å²) < 4.78 is 13.8. The summed E-state index contributed by atoms with van der Waals surface area (Å²) in [4.78, 5) is 12.5. The number of fused-ring (bicyclic) bond motifs is 1. The molecule has 1 aromatic rings. The largest absolute Gasteiger partial charge is 0.354 e. The Hall–Kier alpha value is -1.07. The first-order chi connectivity index (χ1) is 10.1. The highest BCUT2D eigenvalue weighted by molar-refractivity contribution is 7.99. The lowest BCUT2D eigenvalue weighted by atomic mass is 10.0. The summed E-state index contributed by atoms with van der Waals surface area (Å²) >= 11 is 1.58. The van der Waals surface area contributed by atoms with Gasteiger partial charge in [-0.15, -0.1) is 11.8 Å². The summed E-state index contributed by atoms with van der Waals surface area (Å²) in [7, 11) is 0. The third-order valence-corrected chi connectivity index (χ3v) is 4.95. The molecule has 5 heteroatoms. The Labute approximate surface area is 130 Å². The van der Waals surface area contributed by atoms with Crippen LogP contribution in [0.2, 0.25) is 0 Å². The maximum absolute atomic E-state index is 13.8. The first kappa shape index (κ1) is 16.3. The van der Waals surface area contributed by atoms with Gasteiger partial charge in [0.15, 0.2) is 0 Å². The molecule has 1 aliphatic heterocycles. The fourth-order valence-corrected chi connectivity index (χ4v) is 3.55. The summed E-state index contributed by atoms with van der Waals surface area (Å²) in [6, 6.07) is 5.60. The summed E-state index contributed by atoms with van der Waals surface area (Å²) in [5.74, 6) is 0.838. The maximum Gasteiger partial charge on any atom is 0.221 e. The van der Waals surface area contributed by atoms with Gasteiger partial charge in [0.25, 0.3) is 0 Å².